The van der Waals surface area contributed by atoms with Gasteiger partial charge in [-0.2, -0.15) is 0 Å². The van der Waals surface area contributed by atoms with Crippen LogP contribution in [0.3, 0.4) is 0 Å². The molecule has 0 radical (unpaired) electrons. The van der Waals surface area contributed by atoms with Crippen LogP contribution in [-0.2, 0) is 0 Å². The second-order valence-corrected chi connectivity index (χ2v) is 13.6. The van der Waals surface area contributed by atoms with E-state index in [1.165, 1.54) is 84.0 Å². The van der Waals surface area contributed by atoms with Crippen LogP contribution in [0.25, 0.3) is 0 Å². The lowest BCUT2D eigenvalue weighted by molar-refractivity contribution is -0.118. The lowest BCUT2D eigenvalue weighted by Gasteiger charge is -2.61. The molecule has 6 fully saturated rings. The van der Waals surface area contributed by atoms with Crippen molar-refractivity contribution in [3.63, 3.8) is 0 Å². The molecule has 0 spiro atoms. The minimum absolute atomic E-state index is 0.647. The second kappa shape index (κ2) is 8.30. The molecule has 31 heavy (non-hydrogen) atoms. The minimum atomic E-state index is 0.647. The molecule has 2 heterocycles. The summed E-state index contributed by atoms with van der Waals surface area (Å²) < 4.78 is 0. The molecule has 0 bridgehead atoms. The average molecular weight is 427 g/mol. The van der Waals surface area contributed by atoms with Crippen molar-refractivity contribution >= 4 is 0 Å². The first-order chi connectivity index (χ1) is 15.1. The van der Waals surface area contributed by atoms with Crippen LogP contribution in [0.4, 0.5) is 0 Å². The van der Waals surface area contributed by atoms with Gasteiger partial charge in [0, 0.05) is 12.1 Å². The monoisotopic (exact) mass is 426 g/mol. The zero-order valence-corrected chi connectivity index (χ0v) is 20.8. The molecule has 176 valence electrons. The van der Waals surface area contributed by atoms with Crippen molar-refractivity contribution in [2.45, 2.75) is 122 Å². The van der Waals surface area contributed by atoms with Crippen LogP contribution >= 0.6 is 0 Å². The molecule has 2 saturated heterocycles. The van der Waals surface area contributed by atoms with Crippen molar-refractivity contribution in [2.75, 3.05) is 26.2 Å². The number of hydrogen-bond acceptors (Lipinski definition) is 2. The van der Waals surface area contributed by atoms with E-state index in [0.29, 0.717) is 10.8 Å². The lowest BCUT2D eigenvalue weighted by atomic mass is 9.45. The van der Waals surface area contributed by atoms with E-state index in [2.05, 4.69) is 23.6 Å². The molecule has 2 aliphatic heterocycles. The summed E-state index contributed by atoms with van der Waals surface area (Å²) in [4.78, 5) is 5.87. The maximum Gasteiger partial charge on any atom is 0.0103 e. The first kappa shape index (κ1) is 21.5. The van der Waals surface area contributed by atoms with E-state index in [1.807, 2.05) is 0 Å². The average Bonchev–Trinajstić information content (AvgIpc) is 3.17. The third-order valence-electron chi connectivity index (χ3n) is 12.1. The van der Waals surface area contributed by atoms with E-state index < -0.39 is 0 Å². The first-order valence-electron chi connectivity index (χ1n) is 14.5. The second-order valence-electron chi connectivity index (χ2n) is 13.6. The summed E-state index contributed by atoms with van der Waals surface area (Å²) in [7, 11) is 0. The highest BCUT2D eigenvalue weighted by atomic mass is 15.2. The van der Waals surface area contributed by atoms with Crippen molar-refractivity contribution in [2.24, 2.45) is 34.5 Å². The van der Waals surface area contributed by atoms with Gasteiger partial charge < -0.3 is 9.80 Å². The fraction of sp³-hybridized carbons (Fsp3) is 1.00. The minimum Gasteiger partial charge on any atom is -0.300 e. The quantitative estimate of drug-likeness (QED) is 0.482. The Balaban J connectivity index is 1.20. The number of likely N-dealkylation sites (tertiary alicyclic amines) is 2. The summed E-state index contributed by atoms with van der Waals surface area (Å²) in [6, 6.07) is 1.84. The van der Waals surface area contributed by atoms with Gasteiger partial charge in [0.05, 0.1) is 0 Å². The van der Waals surface area contributed by atoms with Crippen molar-refractivity contribution in [3.05, 3.63) is 0 Å². The van der Waals surface area contributed by atoms with Gasteiger partial charge in [0.2, 0.25) is 0 Å². The van der Waals surface area contributed by atoms with Gasteiger partial charge in [0.25, 0.3) is 0 Å². The zero-order chi connectivity index (χ0) is 21.1. The third-order valence-corrected chi connectivity index (χ3v) is 12.1. The number of fused-ring (bicyclic) bond motifs is 5. The van der Waals surface area contributed by atoms with Crippen molar-refractivity contribution in [3.8, 4) is 0 Å². The fourth-order valence-corrected chi connectivity index (χ4v) is 10.5. The summed E-state index contributed by atoms with van der Waals surface area (Å²) in [5.41, 5.74) is 1.31. The molecule has 0 amide bonds. The molecule has 6 rings (SSSR count). The molecule has 4 aliphatic carbocycles. The van der Waals surface area contributed by atoms with E-state index in [-0.39, 0.29) is 0 Å². The molecule has 1 unspecified atom stereocenters. The van der Waals surface area contributed by atoms with Crippen LogP contribution in [0.1, 0.15) is 110 Å². The fourth-order valence-electron chi connectivity index (χ4n) is 10.5. The molecule has 2 nitrogen and oxygen atoms in total. The topological polar surface area (TPSA) is 6.48 Å². The Labute approximate surface area is 192 Å². The van der Waals surface area contributed by atoms with Gasteiger partial charge >= 0.3 is 0 Å². The van der Waals surface area contributed by atoms with Gasteiger partial charge in [-0.3, -0.25) is 0 Å². The Kier molecular flexibility index (Phi) is 5.74. The molecule has 8 atom stereocenters. The van der Waals surface area contributed by atoms with Gasteiger partial charge in [-0.05, 0) is 144 Å². The summed E-state index contributed by atoms with van der Waals surface area (Å²) >= 11 is 0. The van der Waals surface area contributed by atoms with Crippen LogP contribution in [-0.4, -0.2) is 48.1 Å². The van der Waals surface area contributed by atoms with Crippen LogP contribution in [0, 0.1) is 34.5 Å². The standard InChI is InChI=1S/C29H50N2/c1-28-14-13-26-25(27(28)19-24(20-28)31-17-7-4-8-18-31)12-10-22-9-11-23(21-29(22,26)2)30-15-5-3-6-16-30/h22-27H,3-21H2,1-2H3/t22?,23-,24+,25-,26+,27+,28-,29+/m1/s1. The Morgan fingerprint density at radius 2 is 1.26 bits per heavy atom. The molecular formula is C29H50N2. The van der Waals surface area contributed by atoms with Gasteiger partial charge in [0.15, 0.2) is 0 Å². The maximum absolute atomic E-state index is 2.93. The lowest BCUT2D eigenvalue weighted by Crippen LogP contribution is -2.56. The van der Waals surface area contributed by atoms with E-state index in [4.69, 9.17) is 0 Å². The Morgan fingerprint density at radius 3 is 1.97 bits per heavy atom. The predicted octanol–water partition coefficient (Wildman–Crippen LogP) is 6.74. The molecule has 0 aromatic heterocycles. The van der Waals surface area contributed by atoms with Gasteiger partial charge in [-0.1, -0.05) is 26.7 Å². The molecule has 0 N–H and O–H groups in total. The first-order valence-corrected chi connectivity index (χ1v) is 14.5. The number of rotatable bonds is 2. The number of nitrogens with zero attached hydrogens (tertiary/aromatic N) is 2. The molecule has 4 saturated carbocycles. The highest BCUT2D eigenvalue weighted by molar-refractivity contribution is 5.10. The Hall–Kier alpha value is -0.0800. The summed E-state index contributed by atoms with van der Waals surface area (Å²) in [5, 5.41) is 0. The van der Waals surface area contributed by atoms with E-state index >= 15 is 0 Å². The SMILES string of the molecule is C[C@]12CC[C@H]3[C@@H](CCC4CC[C@@H](N5CCCCC5)C[C@@]43C)[C@@H]1C[C@H](N1CCCCC1)C2. The highest BCUT2D eigenvalue weighted by Gasteiger charge is 2.60. The summed E-state index contributed by atoms with van der Waals surface area (Å²) in [6.45, 7) is 11.1. The van der Waals surface area contributed by atoms with Gasteiger partial charge in [0.1, 0.15) is 0 Å². The molecule has 2 heteroatoms. The van der Waals surface area contributed by atoms with E-state index in [0.717, 1.165) is 35.8 Å². The maximum atomic E-state index is 2.93. The summed E-state index contributed by atoms with van der Waals surface area (Å²) in [5.74, 6) is 4.16. The van der Waals surface area contributed by atoms with Crippen LogP contribution < -0.4 is 0 Å². The molecular weight excluding hydrogens is 376 g/mol. The molecule has 0 aromatic rings. The molecule has 0 aromatic carbocycles. The van der Waals surface area contributed by atoms with Crippen molar-refractivity contribution in [1.29, 1.82) is 0 Å². The normalized spacial score (nSPS) is 51.7. The third kappa shape index (κ3) is 3.65. The van der Waals surface area contributed by atoms with Gasteiger partial charge in [-0.25, -0.2) is 0 Å². The van der Waals surface area contributed by atoms with Crippen LogP contribution in [0.2, 0.25) is 0 Å². The predicted molar refractivity (Wildman–Crippen MR) is 130 cm³/mol. The smallest absolute Gasteiger partial charge is 0.0103 e. The highest BCUT2D eigenvalue weighted by Crippen LogP contribution is 2.66. The Morgan fingerprint density at radius 1 is 0.613 bits per heavy atom. The largest absolute Gasteiger partial charge is 0.300 e. The number of hydrogen-bond donors (Lipinski definition) is 0. The van der Waals surface area contributed by atoms with Crippen LogP contribution in [0.5, 0.6) is 0 Å². The van der Waals surface area contributed by atoms with E-state index in [9.17, 15) is 0 Å². The number of piperidine rings is 2. The van der Waals surface area contributed by atoms with Gasteiger partial charge in [-0.15, -0.1) is 0 Å². The summed E-state index contributed by atoms with van der Waals surface area (Å²) in [6.07, 6.45) is 22.7. The van der Waals surface area contributed by atoms with E-state index in [1.54, 1.807) is 38.5 Å². The molecule has 6 aliphatic rings. The van der Waals surface area contributed by atoms with Crippen molar-refractivity contribution in [1.82, 2.24) is 9.80 Å². The zero-order valence-electron chi connectivity index (χ0n) is 20.8. The van der Waals surface area contributed by atoms with Crippen molar-refractivity contribution < 1.29 is 0 Å². The Bertz CT molecular complexity index is 635. The van der Waals surface area contributed by atoms with Crippen LogP contribution in [0.15, 0.2) is 0 Å².